The third-order valence-corrected chi connectivity index (χ3v) is 2.64. The molecule has 0 unspecified atom stereocenters. The SMILES string of the molecule is NCc1ncoc1-c1ccccc1Br. The number of oxazole rings is 1. The van der Waals surface area contributed by atoms with Gasteiger partial charge in [0.1, 0.15) is 5.69 Å². The predicted molar refractivity (Wildman–Crippen MR) is 57.5 cm³/mol. The Labute approximate surface area is 90.1 Å². The molecular weight excluding hydrogens is 244 g/mol. The van der Waals surface area contributed by atoms with Crippen LogP contribution >= 0.6 is 15.9 Å². The lowest BCUT2D eigenvalue weighted by Gasteiger charge is -2.01. The second-order valence-corrected chi connectivity index (χ2v) is 3.67. The van der Waals surface area contributed by atoms with Gasteiger partial charge in [-0.15, -0.1) is 0 Å². The summed E-state index contributed by atoms with van der Waals surface area (Å²) in [6, 6.07) is 7.82. The van der Waals surface area contributed by atoms with Crippen LogP contribution in [-0.2, 0) is 6.54 Å². The third kappa shape index (κ3) is 1.58. The van der Waals surface area contributed by atoms with E-state index in [1.165, 1.54) is 6.39 Å². The van der Waals surface area contributed by atoms with Gasteiger partial charge in [-0.3, -0.25) is 0 Å². The predicted octanol–water partition coefficient (Wildman–Crippen LogP) is 2.56. The van der Waals surface area contributed by atoms with Gasteiger partial charge >= 0.3 is 0 Å². The largest absolute Gasteiger partial charge is 0.443 e. The summed E-state index contributed by atoms with van der Waals surface area (Å²) in [5.74, 6) is 0.736. The van der Waals surface area contributed by atoms with Crippen LogP contribution in [-0.4, -0.2) is 4.98 Å². The van der Waals surface area contributed by atoms with Crippen molar-refractivity contribution < 1.29 is 4.42 Å². The Hall–Kier alpha value is -1.13. The van der Waals surface area contributed by atoms with Crippen LogP contribution in [0.15, 0.2) is 39.5 Å². The highest BCUT2D eigenvalue weighted by atomic mass is 79.9. The molecule has 72 valence electrons. The highest BCUT2D eigenvalue weighted by Gasteiger charge is 2.11. The molecule has 0 radical (unpaired) electrons. The highest BCUT2D eigenvalue weighted by Crippen LogP contribution is 2.29. The van der Waals surface area contributed by atoms with Crippen LogP contribution in [0.25, 0.3) is 11.3 Å². The Morgan fingerprint density at radius 1 is 1.36 bits per heavy atom. The topological polar surface area (TPSA) is 52.0 Å². The standard InChI is InChI=1S/C10H9BrN2O/c11-8-4-2-1-3-7(8)10-9(5-12)13-6-14-10/h1-4,6H,5,12H2. The van der Waals surface area contributed by atoms with Crippen molar-refractivity contribution in [3.63, 3.8) is 0 Å². The summed E-state index contributed by atoms with van der Waals surface area (Å²) in [5, 5.41) is 0. The fraction of sp³-hybridized carbons (Fsp3) is 0.100. The first-order valence-electron chi connectivity index (χ1n) is 4.20. The van der Waals surface area contributed by atoms with Gasteiger partial charge in [-0.1, -0.05) is 34.1 Å². The lowest BCUT2D eigenvalue weighted by molar-refractivity contribution is 0.570. The van der Waals surface area contributed by atoms with Crippen molar-refractivity contribution in [3.8, 4) is 11.3 Å². The summed E-state index contributed by atoms with van der Waals surface area (Å²) >= 11 is 3.45. The summed E-state index contributed by atoms with van der Waals surface area (Å²) in [7, 11) is 0. The summed E-state index contributed by atoms with van der Waals surface area (Å²) in [5.41, 5.74) is 7.30. The monoisotopic (exact) mass is 252 g/mol. The Morgan fingerprint density at radius 2 is 2.14 bits per heavy atom. The molecule has 0 atom stereocenters. The maximum Gasteiger partial charge on any atom is 0.181 e. The fourth-order valence-electron chi connectivity index (χ4n) is 1.28. The maximum absolute atomic E-state index is 5.54. The van der Waals surface area contributed by atoms with Gasteiger partial charge in [0, 0.05) is 16.6 Å². The second kappa shape index (κ2) is 3.94. The van der Waals surface area contributed by atoms with E-state index in [9.17, 15) is 0 Å². The number of benzene rings is 1. The molecule has 2 rings (SSSR count). The van der Waals surface area contributed by atoms with Gasteiger partial charge < -0.3 is 10.2 Å². The zero-order valence-electron chi connectivity index (χ0n) is 7.40. The van der Waals surface area contributed by atoms with Crippen molar-refractivity contribution in [2.24, 2.45) is 5.73 Å². The van der Waals surface area contributed by atoms with Gasteiger partial charge in [-0.2, -0.15) is 0 Å². The van der Waals surface area contributed by atoms with E-state index in [0.29, 0.717) is 6.54 Å². The molecule has 0 aliphatic carbocycles. The fourth-order valence-corrected chi connectivity index (χ4v) is 1.74. The zero-order chi connectivity index (χ0) is 9.97. The first kappa shape index (κ1) is 9.43. The average Bonchev–Trinajstić information content (AvgIpc) is 2.66. The zero-order valence-corrected chi connectivity index (χ0v) is 8.99. The first-order chi connectivity index (χ1) is 6.83. The summed E-state index contributed by atoms with van der Waals surface area (Å²) in [4.78, 5) is 4.04. The first-order valence-corrected chi connectivity index (χ1v) is 4.99. The van der Waals surface area contributed by atoms with Crippen molar-refractivity contribution in [1.82, 2.24) is 4.98 Å². The molecule has 2 aromatic rings. The summed E-state index contributed by atoms with van der Waals surface area (Å²) < 4.78 is 6.28. The van der Waals surface area contributed by atoms with Crippen LogP contribution in [0.2, 0.25) is 0 Å². The highest BCUT2D eigenvalue weighted by molar-refractivity contribution is 9.10. The third-order valence-electron chi connectivity index (χ3n) is 1.95. The van der Waals surface area contributed by atoms with Gasteiger partial charge in [0.2, 0.25) is 0 Å². The Kier molecular flexibility index (Phi) is 2.65. The van der Waals surface area contributed by atoms with Crippen LogP contribution in [0.1, 0.15) is 5.69 Å². The minimum absolute atomic E-state index is 0.382. The molecule has 0 aliphatic rings. The number of nitrogens with two attached hydrogens (primary N) is 1. The Morgan fingerprint density at radius 3 is 2.86 bits per heavy atom. The molecule has 1 aromatic heterocycles. The molecular formula is C10H9BrN2O. The molecule has 0 bridgehead atoms. The molecule has 0 spiro atoms. The van der Waals surface area contributed by atoms with E-state index in [1.54, 1.807) is 0 Å². The smallest absolute Gasteiger partial charge is 0.181 e. The van der Waals surface area contributed by atoms with Gasteiger partial charge in [0.05, 0.1) is 0 Å². The number of nitrogens with zero attached hydrogens (tertiary/aromatic N) is 1. The van der Waals surface area contributed by atoms with Crippen LogP contribution < -0.4 is 5.73 Å². The van der Waals surface area contributed by atoms with Gasteiger partial charge in [0.25, 0.3) is 0 Å². The van der Waals surface area contributed by atoms with E-state index < -0.39 is 0 Å². The average molecular weight is 253 g/mol. The van der Waals surface area contributed by atoms with Crippen molar-refractivity contribution >= 4 is 15.9 Å². The van der Waals surface area contributed by atoms with Crippen LogP contribution in [0.5, 0.6) is 0 Å². The molecule has 0 aliphatic heterocycles. The number of rotatable bonds is 2. The number of halogens is 1. The molecule has 2 N–H and O–H groups in total. The molecule has 0 fully saturated rings. The molecule has 3 nitrogen and oxygen atoms in total. The molecule has 0 saturated heterocycles. The normalized spacial score (nSPS) is 10.4. The van der Waals surface area contributed by atoms with Gasteiger partial charge in [0.15, 0.2) is 12.2 Å². The molecule has 1 aromatic carbocycles. The molecule has 0 amide bonds. The number of aromatic nitrogens is 1. The molecule has 1 heterocycles. The van der Waals surface area contributed by atoms with Crippen molar-refractivity contribution in [3.05, 3.63) is 40.8 Å². The second-order valence-electron chi connectivity index (χ2n) is 2.81. The summed E-state index contributed by atoms with van der Waals surface area (Å²) in [6.45, 7) is 0.382. The van der Waals surface area contributed by atoms with Crippen molar-refractivity contribution in [2.75, 3.05) is 0 Å². The van der Waals surface area contributed by atoms with E-state index in [-0.39, 0.29) is 0 Å². The number of hydrogen-bond acceptors (Lipinski definition) is 3. The van der Waals surface area contributed by atoms with E-state index in [0.717, 1.165) is 21.5 Å². The molecule has 14 heavy (non-hydrogen) atoms. The lowest BCUT2D eigenvalue weighted by atomic mass is 10.1. The maximum atomic E-state index is 5.54. The van der Waals surface area contributed by atoms with Gasteiger partial charge in [-0.05, 0) is 6.07 Å². The van der Waals surface area contributed by atoms with Gasteiger partial charge in [-0.25, -0.2) is 4.98 Å². The Bertz CT molecular complexity index is 439. The number of hydrogen-bond donors (Lipinski definition) is 1. The van der Waals surface area contributed by atoms with E-state index in [1.807, 2.05) is 24.3 Å². The molecule has 0 saturated carbocycles. The van der Waals surface area contributed by atoms with Crippen molar-refractivity contribution in [2.45, 2.75) is 6.54 Å². The minimum atomic E-state index is 0.382. The van der Waals surface area contributed by atoms with E-state index >= 15 is 0 Å². The lowest BCUT2D eigenvalue weighted by Crippen LogP contribution is -1.98. The van der Waals surface area contributed by atoms with Crippen LogP contribution in [0.3, 0.4) is 0 Å². The van der Waals surface area contributed by atoms with Crippen LogP contribution in [0.4, 0.5) is 0 Å². The quantitative estimate of drug-likeness (QED) is 0.894. The minimum Gasteiger partial charge on any atom is -0.443 e. The van der Waals surface area contributed by atoms with E-state index in [4.69, 9.17) is 10.2 Å². The molecule has 4 heteroatoms. The van der Waals surface area contributed by atoms with E-state index in [2.05, 4.69) is 20.9 Å². The van der Waals surface area contributed by atoms with Crippen LogP contribution in [0, 0.1) is 0 Å². The summed E-state index contributed by atoms with van der Waals surface area (Å²) in [6.07, 6.45) is 1.41. The Balaban J connectivity index is 2.54. The van der Waals surface area contributed by atoms with Crippen molar-refractivity contribution in [1.29, 1.82) is 0 Å².